The molecule has 0 aromatic carbocycles. The second kappa shape index (κ2) is 4.78. The SMILES string of the molecule is OC(O)CCCn1ccc2c(Cl)ncnc21. The molecule has 0 radical (unpaired) electrons. The topological polar surface area (TPSA) is 71.2 Å². The number of aryl methyl sites for hydroxylation is 1. The van der Waals surface area contributed by atoms with Crippen LogP contribution in [0.3, 0.4) is 0 Å². The van der Waals surface area contributed by atoms with Crippen molar-refractivity contribution in [1.29, 1.82) is 0 Å². The van der Waals surface area contributed by atoms with Crippen LogP contribution in [-0.4, -0.2) is 31.0 Å². The fourth-order valence-corrected chi connectivity index (χ4v) is 1.79. The largest absolute Gasteiger partial charge is 0.368 e. The third-order valence-electron chi connectivity index (χ3n) is 2.37. The van der Waals surface area contributed by atoms with Gasteiger partial charge in [-0.25, -0.2) is 9.97 Å². The standard InChI is InChI=1S/C10H12ClN3O2/c11-9-7-3-5-14(4-1-2-8(15)16)10(7)13-6-12-9/h3,5-6,8,15-16H,1-2,4H2. The summed E-state index contributed by atoms with van der Waals surface area (Å²) in [6.45, 7) is 0.675. The maximum Gasteiger partial charge on any atom is 0.151 e. The van der Waals surface area contributed by atoms with Gasteiger partial charge in [-0.2, -0.15) is 0 Å². The number of hydrogen-bond donors (Lipinski definition) is 2. The molecule has 0 unspecified atom stereocenters. The first kappa shape index (κ1) is 11.3. The van der Waals surface area contributed by atoms with Crippen LogP contribution in [0.5, 0.6) is 0 Å². The van der Waals surface area contributed by atoms with Crippen LogP contribution in [0.1, 0.15) is 12.8 Å². The van der Waals surface area contributed by atoms with Gasteiger partial charge in [-0.05, 0) is 18.9 Å². The van der Waals surface area contributed by atoms with E-state index in [1.165, 1.54) is 6.33 Å². The van der Waals surface area contributed by atoms with E-state index in [-0.39, 0.29) is 0 Å². The maximum absolute atomic E-state index is 8.74. The maximum atomic E-state index is 8.74. The highest BCUT2D eigenvalue weighted by molar-refractivity contribution is 6.33. The first-order valence-corrected chi connectivity index (χ1v) is 5.38. The Hall–Kier alpha value is -1.17. The summed E-state index contributed by atoms with van der Waals surface area (Å²) in [6, 6.07) is 1.85. The Morgan fingerprint density at radius 3 is 2.94 bits per heavy atom. The number of rotatable bonds is 4. The average Bonchev–Trinajstić information content (AvgIpc) is 2.63. The molecule has 2 rings (SSSR count). The van der Waals surface area contributed by atoms with Gasteiger partial charge in [0.05, 0.1) is 5.39 Å². The van der Waals surface area contributed by atoms with Crippen LogP contribution in [0.4, 0.5) is 0 Å². The molecule has 86 valence electrons. The van der Waals surface area contributed by atoms with Gasteiger partial charge in [0.15, 0.2) is 6.29 Å². The number of aromatic nitrogens is 3. The molecule has 0 fully saturated rings. The van der Waals surface area contributed by atoms with Crippen molar-refractivity contribution in [2.75, 3.05) is 0 Å². The molecular formula is C10H12ClN3O2. The molecule has 0 amide bonds. The lowest BCUT2D eigenvalue weighted by atomic mass is 10.3. The van der Waals surface area contributed by atoms with Crippen molar-refractivity contribution in [2.45, 2.75) is 25.7 Å². The predicted octanol–water partition coefficient (Wildman–Crippen LogP) is 1.18. The number of aliphatic hydroxyl groups is 2. The second-order valence-corrected chi connectivity index (χ2v) is 3.89. The van der Waals surface area contributed by atoms with E-state index in [9.17, 15) is 0 Å². The Morgan fingerprint density at radius 2 is 2.19 bits per heavy atom. The molecule has 2 N–H and O–H groups in total. The summed E-state index contributed by atoms with van der Waals surface area (Å²) in [6.07, 6.45) is 3.05. The number of aliphatic hydroxyl groups excluding tert-OH is 1. The monoisotopic (exact) mass is 241 g/mol. The molecule has 0 aliphatic heterocycles. The Labute approximate surface area is 97.3 Å². The highest BCUT2D eigenvalue weighted by Gasteiger charge is 2.06. The van der Waals surface area contributed by atoms with Gasteiger partial charge < -0.3 is 14.8 Å². The predicted molar refractivity (Wildman–Crippen MR) is 60.0 cm³/mol. The molecular weight excluding hydrogens is 230 g/mol. The second-order valence-electron chi connectivity index (χ2n) is 3.53. The molecule has 6 heteroatoms. The molecule has 0 aliphatic rings. The van der Waals surface area contributed by atoms with Crippen LogP contribution in [0, 0.1) is 0 Å². The van der Waals surface area contributed by atoms with Crippen LogP contribution in [0.15, 0.2) is 18.6 Å². The van der Waals surface area contributed by atoms with E-state index in [0.29, 0.717) is 24.5 Å². The van der Waals surface area contributed by atoms with Gasteiger partial charge in [0.2, 0.25) is 0 Å². The minimum absolute atomic E-state index is 0.346. The zero-order valence-corrected chi connectivity index (χ0v) is 9.30. The minimum Gasteiger partial charge on any atom is -0.368 e. The van der Waals surface area contributed by atoms with E-state index in [1.54, 1.807) is 0 Å². The smallest absolute Gasteiger partial charge is 0.151 e. The molecule has 2 heterocycles. The van der Waals surface area contributed by atoms with E-state index in [2.05, 4.69) is 9.97 Å². The first-order valence-electron chi connectivity index (χ1n) is 5.00. The number of nitrogens with zero attached hydrogens (tertiary/aromatic N) is 3. The van der Waals surface area contributed by atoms with Gasteiger partial charge in [-0.3, -0.25) is 0 Å². The fraction of sp³-hybridized carbons (Fsp3) is 0.400. The minimum atomic E-state index is -1.25. The molecule has 0 saturated carbocycles. The third kappa shape index (κ3) is 2.32. The quantitative estimate of drug-likeness (QED) is 0.623. The van der Waals surface area contributed by atoms with E-state index in [0.717, 1.165) is 11.0 Å². The third-order valence-corrected chi connectivity index (χ3v) is 2.67. The Kier molecular flexibility index (Phi) is 3.38. The summed E-state index contributed by atoms with van der Waals surface area (Å²) in [5.74, 6) is 0. The van der Waals surface area contributed by atoms with Crippen molar-refractivity contribution >= 4 is 22.6 Å². The summed E-state index contributed by atoms with van der Waals surface area (Å²) in [4.78, 5) is 8.03. The average molecular weight is 242 g/mol. The molecule has 0 saturated heterocycles. The molecule has 2 aromatic heterocycles. The van der Waals surface area contributed by atoms with Crippen LogP contribution in [-0.2, 0) is 6.54 Å². The summed E-state index contributed by atoms with van der Waals surface area (Å²) < 4.78 is 1.92. The molecule has 2 aromatic rings. The van der Waals surface area contributed by atoms with Gasteiger partial charge in [-0.15, -0.1) is 0 Å². The Balaban J connectivity index is 2.16. The van der Waals surface area contributed by atoms with E-state index in [1.807, 2.05) is 16.8 Å². The zero-order chi connectivity index (χ0) is 11.5. The van der Waals surface area contributed by atoms with Gasteiger partial charge in [-0.1, -0.05) is 11.6 Å². The van der Waals surface area contributed by atoms with Gasteiger partial charge in [0.25, 0.3) is 0 Å². The zero-order valence-electron chi connectivity index (χ0n) is 8.54. The van der Waals surface area contributed by atoms with Crippen molar-refractivity contribution in [3.8, 4) is 0 Å². The van der Waals surface area contributed by atoms with Gasteiger partial charge in [0, 0.05) is 12.7 Å². The van der Waals surface area contributed by atoms with Gasteiger partial charge >= 0.3 is 0 Å². The molecule has 5 nitrogen and oxygen atoms in total. The normalized spacial score (nSPS) is 11.5. The van der Waals surface area contributed by atoms with Crippen molar-refractivity contribution in [1.82, 2.24) is 14.5 Å². The first-order chi connectivity index (χ1) is 7.68. The highest BCUT2D eigenvalue weighted by Crippen LogP contribution is 2.20. The summed E-state index contributed by atoms with van der Waals surface area (Å²) in [5, 5.41) is 18.7. The number of halogens is 1. The Bertz CT molecular complexity index is 484. The summed E-state index contributed by atoms with van der Waals surface area (Å²) in [5.41, 5.74) is 0.771. The van der Waals surface area contributed by atoms with E-state index >= 15 is 0 Å². The molecule has 0 aliphatic carbocycles. The van der Waals surface area contributed by atoms with Gasteiger partial charge in [0.1, 0.15) is 17.1 Å². The van der Waals surface area contributed by atoms with Crippen LogP contribution in [0.2, 0.25) is 5.15 Å². The highest BCUT2D eigenvalue weighted by atomic mass is 35.5. The van der Waals surface area contributed by atoms with Crippen molar-refractivity contribution in [3.63, 3.8) is 0 Å². The molecule has 0 atom stereocenters. The summed E-state index contributed by atoms with van der Waals surface area (Å²) in [7, 11) is 0. The van der Waals surface area contributed by atoms with E-state index < -0.39 is 6.29 Å². The van der Waals surface area contributed by atoms with Crippen molar-refractivity contribution in [3.05, 3.63) is 23.7 Å². The van der Waals surface area contributed by atoms with Crippen LogP contribution < -0.4 is 0 Å². The number of fused-ring (bicyclic) bond motifs is 1. The van der Waals surface area contributed by atoms with Crippen molar-refractivity contribution < 1.29 is 10.2 Å². The summed E-state index contributed by atoms with van der Waals surface area (Å²) >= 11 is 5.91. The lowest BCUT2D eigenvalue weighted by molar-refractivity contribution is -0.0468. The van der Waals surface area contributed by atoms with Crippen molar-refractivity contribution in [2.24, 2.45) is 0 Å². The lowest BCUT2D eigenvalue weighted by Gasteiger charge is -2.05. The fourth-order valence-electron chi connectivity index (χ4n) is 1.60. The lowest BCUT2D eigenvalue weighted by Crippen LogP contribution is -2.06. The van der Waals surface area contributed by atoms with E-state index in [4.69, 9.17) is 21.8 Å². The Morgan fingerprint density at radius 1 is 1.38 bits per heavy atom. The molecule has 16 heavy (non-hydrogen) atoms. The number of hydrogen-bond acceptors (Lipinski definition) is 4. The van der Waals surface area contributed by atoms with Crippen LogP contribution >= 0.6 is 11.6 Å². The van der Waals surface area contributed by atoms with Crippen LogP contribution in [0.25, 0.3) is 11.0 Å². The molecule has 0 spiro atoms. The molecule has 0 bridgehead atoms.